The van der Waals surface area contributed by atoms with Crippen molar-refractivity contribution in [3.63, 3.8) is 0 Å². The van der Waals surface area contributed by atoms with Gasteiger partial charge in [-0.2, -0.15) is 0 Å². The lowest BCUT2D eigenvalue weighted by molar-refractivity contribution is 0.833. The van der Waals surface area contributed by atoms with Crippen LogP contribution in [0.5, 0.6) is 0 Å². The van der Waals surface area contributed by atoms with Crippen molar-refractivity contribution in [2.75, 3.05) is 5.32 Å². The lowest BCUT2D eigenvalue weighted by atomic mass is 10.1. The quantitative estimate of drug-likeness (QED) is 0.875. The summed E-state index contributed by atoms with van der Waals surface area (Å²) in [4.78, 5) is 5.92. The van der Waals surface area contributed by atoms with Crippen LogP contribution < -0.4 is 5.32 Å². The van der Waals surface area contributed by atoms with E-state index in [1.165, 1.54) is 21.8 Å². The van der Waals surface area contributed by atoms with Crippen LogP contribution in [0.2, 0.25) is 0 Å². The van der Waals surface area contributed by atoms with Gasteiger partial charge in [0.2, 0.25) is 0 Å². The summed E-state index contributed by atoms with van der Waals surface area (Å²) >= 11 is 1.77. The summed E-state index contributed by atoms with van der Waals surface area (Å²) in [6.07, 6.45) is 1.05. The standard InChI is InChI=1S/C15H20N2S/c1-5-13-8-6-7-9-14(13)16-10(2)15-11(3)18-12(4)17-15/h6-10,16H,5H2,1-4H3. The first-order valence-corrected chi connectivity index (χ1v) is 7.21. The number of aryl methyl sites for hydroxylation is 3. The Kier molecular flexibility index (Phi) is 4.02. The third-order valence-electron chi connectivity index (χ3n) is 3.12. The fourth-order valence-electron chi connectivity index (χ4n) is 2.22. The molecule has 0 aliphatic carbocycles. The van der Waals surface area contributed by atoms with E-state index in [0.29, 0.717) is 0 Å². The molecule has 1 atom stereocenters. The molecule has 18 heavy (non-hydrogen) atoms. The van der Waals surface area contributed by atoms with E-state index in [4.69, 9.17) is 0 Å². The maximum Gasteiger partial charge on any atom is 0.0901 e. The van der Waals surface area contributed by atoms with Crippen LogP contribution in [0.3, 0.4) is 0 Å². The van der Waals surface area contributed by atoms with Crippen molar-refractivity contribution in [1.29, 1.82) is 0 Å². The number of rotatable bonds is 4. The Hall–Kier alpha value is -1.35. The molecule has 0 bridgehead atoms. The number of hydrogen-bond acceptors (Lipinski definition) is 3. The van der Waals surface area contributed by atoms with Gasteiger partial charge in [-0.3, -0.25) is 0 Å². The number of para-hydroxylation sites is 1. The van der Waals surface area contributed by atoms with Crippen LogP contribution in [0.1, 0.15) is 41.0 Å². The first kappa shape index (κ1) is 13.1. The Morgan fingerprint density at radius 1 is 1.28 bits per heavy atom. The SMILES string of the molecule is CCc1ccccc1NC(C)c1nc(C)sc1C. The van der Waals surface area contributed by atoms with Crippen molar-refractivity contribution in [1.82, 2.24) is 4.98 Å². The number of anilines is 1. The highest BCUT2D eigenvalue weighted by molar-refractivity contribution is 7.11. The van der Waals surface area contributed by atoms with E-state index < -0.39 is 0 Å². The highest BCUT2D eigenvalue weighted by atomic mass is 32.1. The second-order valence-corrected chi connectivity index (χ2v) is 5.96. The molecule has 2 rings (SSSR count). The van der Waals surface area contributed by atoms with Crippen LogP contribution in [0.4, 0.5) is 5.69 Å². The molecule has 1 aromatic heterocycles. The molecule has 0 fully saturated rings. The second kappa shape index (κ2) is 5.53. The van der Waals surface area contributed by atoms with Crippen LogP contribution in [-0.4, -0.2) is 4.98 Å². The minimum Gasteiger partial charge on any atom is -0.377 e. The Morgan fingerprint density at radius 2 is 2.00 bits per heavy atom. The zero-order chi connectivity index (χ0) is 13.1. The molecule has 1 N–H and O–H groups in total. The van der Waals surface area contributed by atoms with Crippen molar-refractivity contribution in [3.8, 4) is 0 Å². The summed E-state index contributed by atoms with van der Waals surface area (Å²) in [5.41, 5.74) is 3.75. The Labute approximate surface area is 113 Å². The smallest absolute Gasteiger partial charge is 0.0901 e. The van der Waals surface area contributed by atoms with E-state index in [1.54, 1.807) is 11.3 Å². The number of benzene rings is 1. The molecule has 0 aliphatic heterocycles. The van der Waals surface area contributed by atoms with Gasteiger partial charge in [0.15, 0.2) is 0 Å². The molecule has 0 radical (unpaired) electrons. The highest BCUT2D eigenvalue weighted by Crippen LogP contribution is 2.27. The summed E-state index contributed by atoms with van der Waals surface area (Å²) in [7, 11) is 0. The van der Waals surface area contributed by atoms with Crippen LogP contribution in [0, 0.1) is 13.8 Å². The molecule has 0 amide bonds. The van der Waals surface area contributed by atoms with Gasteiger partial charge in [0.25, 0.3) is 0 Å². The number of thiazole rings is 1. The summed E-state index contributed by atoms with van der Waals surface area (Å²) in [6.45, 7) is 8.56. The maximum absolute atomic E-state index is 4.62. The van der Waals surface area contributed by atoms with Crippen LogP contribution in [0.25, 0.3) is 0 Å². The van der Waals surface area contributed by atoms with E-state index >= 15 is 0 Å². The zero-order valence-electron chi connectivity index (χ0n) is 11.4. The zero-order valence-corrected chi connectivity index (χ0v) is 12.3. The molecule has 1 unspecified atom stereocenters. The number of nitrogens with zero attached hydrogens (tertiary/aromatic N) is 1. The van der Waals surface area contributed by atoms with Gasteiger partial charge >= 0.3 is 0 Å². The third-order valence-corrected chi connectivity index (χ3v) is 4.02. The van der Waals surface area contributed by atoms with Crippen LogP contribution >= 0.6 is 11.3 Å². The summed E-state index contributed by atoms with van der Waals surface area (Å²) < 4.78 is 0. The van der Waals surface area contributed by atoms with E-state index in [9.17, 15) is 0 Å². The highest BCUT2D eigenvalue weighted by Gasteiger charge is 2.13. The normalized spacial score (nSPS) is 12.4. The molecule has 2 nitrogen and oxygen atoms in total. The molecule has 1 aromatic carbocycles. The fraction of sp³-hybridized carbons (Fsp3) is 0.400. The van der Waals surface area contributed by atoms with Gasteiger partial charge in [-0.05, 0) is 38.8 Å². The molecule has 0 saturated carbocycles. The van der Waals surface area contributed by atoms with E-state index in [1.807, 2.05) is 0 Å². The molecule has 3 heteroatoms. The van der Waals surface area contributed by atoms with Gasteiger partial charge in [-0.15, -0.1) is 11.3 Å². The lowest BCUT2D eigenvalue weighted by Crippen LogP contribution is -2.09. The minimum absolute atomic E-state index is 0.252. The average Bonchev–Trinajstić information content (AvgIpc) is 2.69. The van der Waals surface area contributed by atoms with E-state index in [2.05, 4.69) is 62.3 Å². The molecule has 0 saturated heterocycles. The first-order valence-electron chi connectivity index (χ1n) is 6.40. The largest absolute Gasteiger partial charge is 0.377 e. The second-order valence-electron chi connectivity index (χ2n) is 4.55. The topological polar surface area (TPSA) is 24.9 Å². The van der Waals surface area contributed by atoms with Crippen LogP contribution in [-0.2, 0) is 6.42 Å². The molecular formula is C15H20N2S. The van der Waals surface area contributed by atoms with Crippen molar-refractivity contribution in [2.45, 2.75) is 40.2 Å². The predicted octanol–water partition coefficient (Wildman–Crippen LogP) is 4.50. The Balaban J connectivity index is 2.21. The monoisotopic (exact) mass is 260 g/mol. The molecule has 2 aromatic rings. The van der Waals surface area contributed by atoms with Gasteiger partial charge in [0.1, 0.15) is 0 Å². The first-order chi connectivity index (χ1) is 8.61. The average molecular weight is 260 g/mol. The Bertz CT molecular complexity index is 531. The van der Waals surface area contributed by atoms with Gasteiger partial charge in [-0.1, -0.05) is 25.1 Å². The summed E-state index contributed by atoms with van der Waals surface area (Å²) in [5.74, 6) is 0. The predicted molar refractivity (Wildman–Crippen MR) is 79.4 cm³/mol. The Morgan fingerprint density at radius 3 is 2.61 bits per heavy atom. The molecule has 1 heterocycles. The van der Waals surface area contributed by atoms with Gasteiger partial charge < -0.3 is 5.32 Å². The molecule has 96 valence electrons. The summed E-state index contributed by atoms with van der Waals surface area (Å²) in [6, 6.07) is 8.74. The minimum atomic E-state index is 0.252. The van der Waals surface area contributed by atoms with Crippen LogP contribution in [0.15, 0.2) is 24.3 Å². The van der Waals surface area contributed by atoms with Gasteiger partial charge in [0, 0.05) is 10.6 Å². The summed E-state index contributed by atoms with van der Waals surface area (Å²) in [5, 5.41) is 4.71. The van der Waals surface area contributed by atoms with Crippen molar-refractivity contribution >= 4 is 17.0 Å². The number of aromatic nitrogens is 1. The molecule has 0 spiro atoms. The van der Waals surface area contributed by atoms with E-state index in [0.717, 1.165) is 11.4 Å². The third kappa shape index (κ3) is 2.72. The van der Waals surface area contributed by atoms with E-state index in [-0.39, 0.29) is 6.04 Å². The van der Waals surface area contributed by atoms with Crippen molar-refractivity contribution in [2.24, 2.45) is 0 Å². The van der Waals surface area contributed by atoms with Gasteiger partial charge in [0.05, 0.1) is 16.7 Å². The van der Waals surface area contributed by atoms with Crippen molar-refractivity contribution in [3.05, 3.63) is 45.4 Å². The lowest BCUT2D eigenvalue weighted by Gasteiger charge is -2.17. The molecular weight excluding hydrogens is 240 g/mol. The maximum atomic E-state index is 4.62. The molecule has 0 aliphatic rings. The van der Waals surface area contributed by atoms with Gasteiger partial charge in [-0.25, -0.2) is 4.98 Å². The number of nitrogens with one attached hydrogen (secondary N) is 1. The van der Waals surface area contributed by atoms with Crippen molar-refractivity contribution < 1.29 is 0 Å². The number of hydrogen-bond donors (Lipinski definition) is 1. The fourth-order valence-corrected chi connectivity index (χ4v) is 3.13.